The summed E-state index contributed by atoms with van der Waals surface area (Å²) in [6, 6.07) is 6.94. The predicted molar refractivity (Wildman–Crippen MR) is 84.8 cm³/mol. The molecule has 0 radical (unpaired) electrons. The molecule has 1 saturated heterocycles. The van der Waals surface area contributed by atoms with Gasteiger partial charge in [0.15, 0.2) is 0 Å². The first-order chi connectivity index (χ1) is 10.6. The average molecular weight is 325 g/mol. The van der Waals surface area contributed by atoms with Gasteiger partial charge in [0.05, 0.1) is 13.2 Å². The van der Waals surface area contributed by atoms with Gasteiger partial charge >= 0.3 is 0 Å². The molecule has 2 amide bonds. The van der Waals surface area contributed by atoms with Gasteiger partial charge in [-0.15, -0.1) is 0 Å². The van der Waals surface area contributed by atoms with Gasteiger partial charge in [-0.1, -0.05) is 29.8 Å². The maximum atomic E-state index is 12.2. The molecular formula is C16H21ClN2O3. The standard InChI is InChI=1S/C16H21ClN2O3/c1-12(16(21)19-8-10-22-11-9-19)18-15(20)7-6-13-4-2-3-5-14(13)17/h2-5,12H,6-11H2,1H3,(H,18,20)/t12-/m0/s1. The summed E-state index contributed by atoms with van der Waals surface area (Å²) in [5.74, 6) is -0.205. The highest BCUT2D eigenvalue weighted by Crippen LogP contribution is 2.16. The Balaban J connectivity index is 1.78. The number of halogens is 1. The molecule has 0 bridgehead atoms. The molecule has 1 atom stereocenters. The second-order valence-corrected chi connectivity index (χ2v) is 5.73. The number of carbonyl (C=O) groups is 2. The largest absolute Gasteiger partial charge is 0.378 e. The Morgan fingerprint density at radius 2 is 2.00 bits per heavy atom. The lowest BCUT2D eigenvalue weighted by molar-refractivity contribution is -0.139. The highest BCUT2D eigenvalue weighted by molar-refractivity contribution is 6.31. The molecule has 1 N–H and O–H groups in total. The van der Waals surface area contributed by atoms with Crippen molar-refractivity contribution in [3.63, 3.8) is 0 Å². The number of amides is 2. The van der Waals surface area contributed by atoms with Crippen LogP contribution in [0.4, 0.5) is 0 Å². The SMILES string of the molecule is C[C@H](NC(=O)CCc1ccccc1Cl)C(=O)N1CCOCC1. The van der Waals surface area contributed by atoms with Crippen molar-refractivity contribution >= 4 is 23.4 Å². The maximum absolute atomic E-state index is 12.2. The van der Waals surface area contributed by atoms with Gasteiger partial charge in [0.25, 0.3) is 0 Å². The number of carbonyl (C=O) groups excluding carboxylic acids is 2. The van der Waals surface area contributed by atoms with Gasteiger partial charge in [0.1, 0.15) is 6.04 Å². The van der Waals surface area contributed by atoms with Gasteiger partial charge in [-0.25, -0.2) is 0 Å². The van der Waals surface area contributed by atoms with Crippen molar-refractivity contribution < 1.29 is 14.3 Å². The number of rotatable bonds is 5. The molecule has 1 fully saturated rings. The lowest BCUT2D eigenvalue weighted by atomic mass is 10.1. The van der Waals surface area contributed by atoms with Crippen LogP contribution in [-0.4, -0.2) is 49.1 Å². The first-order valence-corrected chi connectivity index (χ1v) is 7.85. The number of nitrogens with zero attached hydrogens (tertiary/aromatic N) is 1. The van der Waals surface area contributed by atoms with E-state index in [-0.39, 0.29) is 11.8 Å². The van der Waals surface area contributed by atoms with Crippen LogP contribution < -0.4 is 5.32 Å². The normalized spacial score (nSPS) is 16.2. The zero-order valence-corrected chi connectivity index (χ0v) is 13.4. The Kier molecular flexibility index (Phi) is 6.21. The zero-order valence-electron chi connectivity index (χ0n) is 12.7. The third kappa shape index (κ3) is 4.71. The van der Waals surface area contributed by atoms with Gasteiger partial charge in [-0.05, 0) is 25.0 Å². The van der Waals surface area contributed by atoms with Crippen LogP contribution in [0.5, 0.6) is 0 Å². The maximum Gasteiger partial charge on any atom is 0.245 e. The molecule has 0 saturated carbocycles. The lowest BCUT2D eigenvalue weighted by Crippen LogP contribution is -2.50. The Morgan fingerprint density at radius 1 is 1.32 bits per heavy atom. The van der Waals surface area contributed by atoms with Crippen molar-refractivity contribution in [2.45, 2.75) is 25.8 Å². The van der Waals surface area contributed by atoms with Crippen LogP contribution in [0.3, 0.4) is 0 Å². The van der Waals surface area contributed by atoms with E-state index in [1.807, 2.05) is 18.2 Å². The number of benzene rings is 1. The van der Waals surface area contributed by atoms with Gasteiger partial charge in [0.2, 0.25) is 11.8 Å². The summed E-state index contributed by atoms with van der Waals surface area (Å²) in [5.41, 5.74) is 0.937. The number of hydrogen-bond donors (Lipinski definition) is 1. The Bertz CT molecular complexity index is 530. The highest BCUT2D eigenvalue weighted by atomic mass is 35.5. The summed E-state index contributed by atoms with van der Waals surface area (Å²) in [6.45, 7) is 3.99. The molecule has 1 aliphatic rings. The van der Waals surface area contributed by atoms with E-state index >= 15 is 0 Å². The summed E-state index contributed by atoms with van der Waals surface area (Å²) < 4.78 is 5.22. The van der Waals surface area contributed by atoms with Crippen molar-refractivity contribution in [2.75, 3.05) is 26.3 Å². The van der Waals surface area contributed by atoms with E-state index in [0.29, 0.717) is 44.2 Å². The Labute approximate surface area is 135 Å². The van der Waals surface area contributed by atoms with Crippen LogP contribution in [0.25, 0.3) is 0 Å². The second kappa shape index (κ2) is 8.15. The molecule has 5 nitrogen and oxygen atoms in total. The van der Waals surface area contributed by atoms with E-state index in [0.717, 1.165) is 5.56 Å². The first kappa shape index (κ1) is 16.8. The van der Waals surface area contributed by atoms with Gasteiger partial charge in [0, 0.05) is 24.5 Å². The quantitative estimate of drug-likeness (QED) is 0.895. The molecule has 1 aromatic rings. The third-order valence-electron chi connectivity index (χ3n) is 3.65. The second-order valence-electron chi connectivity index (χ2n) is 5.32. The van der Waals surface area contributed by atoms with Crippen LogP contribution >= 0.6 is 11.6 Å². The van der Waals surface area contributed by atoms with E-state index in [1.165, 1.54) is 0 Å². The van der Waals surface area contributed by atoms with E-state index in [9.17, 15) is 9.59 Å². The fourth-order valence-electron chi connectivity index (χ4n) is 2.38. The Hall–Kier alpha value is -1.59. The molecule has 22 heavy (non-hydrogen) atoms. The monoisotopic (exact) mass is 324 g/mol. The molecule has 2 rings (SSSR count). The number of aryl methyl sites for hydroxylation is 1. The lowest BCUT2D eigenvalue weighted by Gasteiger charge is -2.29. The van der Waals surface area contributed by atoms with Crippen LogP contribution in [-0.2, 0) is 20.7 Å². The molecule has 0 unspecified atom stereocenters. The molecular weight excluding hydrogens is 304 g/mol. The van der Waals surface area contributed by atoms with Crippen molar-refractivity contribution in [1.29, 1.82) is 0 Å². The summed E-state index contributed by atoms with van der Waals surface area (Å²) in [7, 11) is 0. The van der Waals surface area contributed by atoms with Crippen LogP contribution in [0.1, 0.15) is 18.9 Å². The molecule has 1 aromatic carbocycles. The molecule has 1 heterocycles. The molecule has 0 aliphatic carbocycles. The minimum absolute atomic E-state index is 0.0607. The van der Waals surface area contributed by atoms with Crippen molar-refractivity contribution in [2.24, 2.45) is 0 Å². The number of nitrogens with one attached hydrogen (secondary N) is 1. The van der Waals surface area contributed by atoms with Crippen LogP contribution in [0, 0.1) is 0 Å². The fourth-order valence-corrected chi connectivity index (χ4v) is 2.61. The van der Waals surface area contributed by atoms with Gasteiger partial charge < -0.3 is 15.0 Å². The van der Waals surface area contributed by atoms with Gasteiger partial charge in [-0.3, -0.25) is 9.59 Å². The minimum atomic E-state index is -0.517. The molecule has 0 aromatic heterocycles. The molecule has 6 heteroatoms. The third-order valence-corrected chi connectivity index (χ3v) is 4.02. The number of ether oxygens (including phenoxy) is 1. The van der Waals surface area contributed by atoms with E-state index in [2.05, 4.69) is 5.32 Å². The summed E-state index contributed by atoms with van der Waals surface area (Å²) in [5, 5.41) is 3.41. The molecule has 0 spiro atoms. The fraction of sp³-hybridized carbons (Fsp3) is 0.500. The van der Waals surface area contributed by atoms with E-state index in [4.69, 9.17) is 16.3 Å². The van der Waals surface area contributed by atoms with Crippen molar-refractivity contribution in [3.8, 4) is 0 Å². The highest BCUT2D eigenvalue weighted by Gasteiger charge is 2.23. The topological polar surface area (TPSA) is 58.6 Å². The van der Waals surface area contributed by atoms with Crippen LogP contribution in [0.15, 0.2) is 24.3 Å². The van der Waals surface area contributed by atoms with Gasteiger partial charge in [-0.2, -0.15) is 0 Å². The number of morpholine rings is 1. The summed E-state index contributed by atoms with van der Waals surface area (Å²) >= 11 is 6.06. The summed E-state index contributed by atoms with van der Waals surface area (Å²) in [6.07, 6.45) is 0.869. The predicted octanol–water partition coefficient (Wildman–Crippen LogP) is 1.64. The van der Waals surface area contributed by atoms with Crippen molar-refractivity contribution in [1.82, 2.24) is 10.2 Å². The molecule has 120 valence electrons. The average Bonchev–Trinajstić information content (AvgIpc) is 2.54. The van der Waals surface area contributed by atoms with Crippen molar-refractivity contribution in [3.05, 3.63) is 34.9 Å². The number of hydrogen-bond acceptors (Lipinski definition) is 3. The molecule has 1 aliphatic heterocycles. The zero-order chi connectivity index (χ0) is 15.9. The summed E-state index contributed by atoms with van der Waals surface area (Å²) in [4.78, 5) is 25.9. The van der Waals surface area contributed by atoms with Crippen LogP contribution in [0.2, 0.25) is 5.02 Å². The minimum Gasteiger partial charge on any atom is -0.378 e. The smallest absolute Gasteiger partial charge is 0.245 e. The van der Waals surface area contributed by atoms with E-state index < -0.39 is 6.04 Å². The first-order valence-electron chi connectivity index (χ1n) is 7.47. The Morgan fingerprint density at radius 3 is 2.68 bits per heavy atom. The van der Waals surface area contributed by atoms with E-state index in [1.54, 1.807) is 17.9 Å².